The third-order valence-corrected chi connectivity index (χ3v) is 8.21. The van der Waals surface area contributed by atoms with E-state index in [1.807, 2.05) is 24.3 Å². The van der Waals surface area contributed by atoms with Crippen molar-refractivity contribution in [3.05, 3.63) is 107 Å². The van der Waals surface area contributed by atoms with Crippen LogP contribution in [-0.2, 0) is 0 Å². The van der Waals surface area contributed by atoms with Gasteiger partial charge in [0.05, 0.1) is 11.0 Å². The second-order valence-corrected chi connectivity index (χ2v) is 10.9. The highest BCUT2D eigenvalue weighted by Crippen LogP contribution is 2.38. The third-order valence-electron chi connectivity index (χ3n) is 7.97. The van der Waals surface area contributed by atoms with Gasteiger partial charge < -0.3 is 24.9 Å². The number of hydrogen-bond acceptors (Lipinski definition) is 4. The number of benzene rings is 6. The zero-order valence-corrected chi connectivity index (χ0v) is 22.7. The summed E-state index contributed by atoms with van der Waals surface area (Å²) >= 11 is 6.22. The van der Waals surface area contributed by atoms with Crippen LogP contribution in [0.5, 0.6) is 11.5 Å². The van der Waals surface area contributed by atoms with Crippen molar-refractivity contribution in [2.75, 3.05) is 0 Å². The van der Waals surface area contributed by atoms with Crippen molar-refractivity contribution in [3.63, 3.8) is 0 Å². The molecule has 208 valence electrons. The first-order chi connectivity index (χ1) is 20.7. The molecule has 0 atom stereocenters. The fourth-order valence-electron chi connectivity index (χ4n) is 5.97. The van der Waals surface area contributed by atoms with Crippen LogP contribution in [-0.4, -0.2) is 32.1 Å². The Morgan fingerprint density at radius 1 is 0.674 bits per heavy atom. The summed E-state index contributed by atoms with van der Waals surface area (Å²) in [5.41, 5.74) is 2.66. The molecular weight excluding hydrogens is 571 g/mol. The van der Waals surface area contributed by atoms with E-state index in [0.29, 0.717) is 37.5 Å². The largest absolute Gasteiger partial charge is 0.507 e. The molecule has 4 N–H and O–H groups in total. The fraction of sp³-hybridized carbons (Fsp3) is 0. The van der Waals surface area contributed by atoms with E-state index in [1.165, 1.54) is 36.4 Å². The lowest BCUT2D eigenvalue weighted by Gasteiger charge is -2.12. The van der Waals surface area contributed by atoms with E-state index in [9.17, 15) is 24.2 Å². The average Bonchev–Trinajstić information content (AvgIpc) is 3.54. The summed E-state index contributed by atoms with van der Waals surface area (Å²) in [6.45, 7) is 0. The Kier molecular flexibility index (Phi) is 5.23. The predicted molar refractivity (Wildman–Crippen MR) is 165 cm³/mol. The van der Waals surface area contributed by atoms with Gasteiger partial charge >= 0.3 is 11.9 Å². The Morgan fingerprint density at radius 3 is 1.95 bits per heavy atom. The molecule has 2 aromatic heterocycles. The Bertz CT molecular complexity index is 2530. The number of carboxylic acid groups (broad SMARTS) is 1. The van der Waals surface area contributed by atoms with Gasteiger partial charge in [0.2, 0.25) is 0 Å². The molecule has 0 aliphatic rings. The molecule has 0 amide bonds. The number of halogens is 2. The van der Waals surface area contributed by atoms with Crippen LogP contribution in [0, 0.1) is 5.82 Å². The number of ether oxygens (including phenoxy) is 1. The van der Waals surface area contributed by atoms with Gasteiger partial charge in [0.1, 0.15) is 28.4 Å². The molecule has 6 aromatic carbocycles. The minimum absolute atomic E-state index is 0.135. The molecule has 43 heavy (non-hydrogen) atoms. The van der Waals surface area contributed by atoms with E-state index in [1.54, 1.807) is 24.3 Å². The number of aromatic carboxylic acids is 1. The number of rotatable bonds is 3. The molecule has 0 saturated heterocycles. The lowest BCUT2D eigenvalue weighted by molar-refractivity contribution is 0.0681. The van der Waals surface area contributed by atoms with Crippen molar-refractivity contribution in [2.45, 2.75) is 0 Å². The molecule has 2 heterocycles. The Balaban J connectivity index is 1.25. The molecule has 0 unspecified atom stereocenters. The molecule has 0 saturated carbocycles. The number of aromatic hydroxyl groups is 1. The number of nitrogens with one attached hydrogen (secondary N) is 2. The van der Waals surface area contributed by atoms with Crippen LogP contribution in [0.1, 0.15) is 20.7 Å². The van der Waals surface area contributed by atoms with Gasteiger partial charge in [-0.15, -0.1) is 0 Å². The van der Waals surface area contributed by atoms with Gasteiger partial charge in [0, 0.05) is 48.4 Å². The maximum absolute atomic E-state index is 13.9. The van der Waals surface area contributed by atoms with E-state index < -0.39 is 11.9 Å². The maximum atomic E-state index is 13.9. The van der Waals surface area contributed by atoms with Crippen molar-refractivity contribution >= 4 is 88.7 Å². The second-order valence-electron chi connectivity index (χ2n) is 10.5. The molecule has 0 aliphatic carbocycles. The van der Waals surface area contributed by atoms with Crippen molar-refractivity contribution in [3.8, 4) is 11.5 Å². The fourth-order valence-corrected chi connectivity index (χ4v) is 6.14. The summed E-state index contributed by atoms with van der Waals surface area (Å²) in [6.07, 6.45) is 0. The topological polar surface area (TPSA) is 115 Å². The number of carboxylic acids is 1. The molecule has 0 fully saturated rings. The van der Waals surface area contributed by atoms with E-state index in [4.69, 9.17) is 16.3 Å². The van der Waals surface area contributed by atoms with Gasteiger partial charge in [-0.2, -0.15) is 0 Å². The minimum atomic E-state index is -1.27. The van der Waals surface area contributed by atoms with Gasteiger partial charge in [0.15, 0.2) is 0 Å². The number of H-pyrrole nitrogens is 2. The summed E-state index contributed by atoms with van der Waals surface area (Å²) in [5.74, 6) is -3.06. The zero-order chi connectivity index (χ0) is 29.6. The van der Waals surface area contributed by atoms with E-state index >= 15 is 0 Å². The van der Waals surface area contributed by atoms with Crippen LogP contribution >= 0.6 is 11.6 Å². The van der Waals surface area contributed by atoms with Crippen LogP contribution in [0.3, 0.4) is 0 Å². The molecule has 0 bridgehead atoms. The average molecular weight is 589 g/mol. The Labute approximate surface area is 245 Å². The van der Waals surface area contributed by atoms with Crippen molar-refractivity contribution in [1.29, 1.82) is 0 Å². The minimum Gasteiger partial charge on any atom is -0.507 e. The first kappa shape index (κ1) is 25.1. The number of aromatic amines is 2. The Morgan fingerprint density at radius 2 is 1.28 bits per heavy atom. The van der Waals surface area contributed by atoms with Crippen LogP contribution in [0.15, 0.2) is 84.9 Å². The molecule has 8 aromatic rings. The summed E-state index contributed by atoms with van der Waals surface area (Å²) < 4.78 is 19.6. The molecule has 9 heteroatoms. The summed E-state index contributed by atoms with van der Waals surface area (Å²) in [6, 6.07) is 23.1. The van der Waals surface area contributed by atoms with E-state index in [-0.39, 0.29) is 28.4 Å². The summed E-state index contributed by atoms with van der Waals surface area (Å²) in [7, 11) is 0. The highest BCUT2D eigenvalue weighted by molar-refractivity contribution is 6.32. The first-order valence-corrected chi connectivity index (χ1v) is 13.6. The smallest absolute Gasteiger partial charge is 0.347 e. The normalized spacial score (nSPS) is 11.9. The van der Waals surface area contributed by atoms with E-state index in [0.717, 1.165) is 32.7 Å². The lowest BCUT2D eigenvalue weighted by Crippen LogP contribution is -2.12. The number of carbonyl (C=O) groups excluding carboxylic acids is 1. The molecule has 0 spiro atoms. The van der Waals surface area contributed by atoms with Gasteiger partial charge in [-0.25, -0.2) is 14.0 Å². The number of phenols is 1. The number of hydrogen-bond donors (Lipinski definition) is 4. The molecule has 7 nitrogen and oxygen atoms in total. The highest BCUT2D eigenvalue weighted by atomic mass is 35.5. The summed E-state index contributed by atoms with van der Waals surface area (Å²) in [5, 5.41) is 27.2. The van der Waals surface area contributed by atoms with Crippen molar-refractivity contribution in [2.24, 2.45) is 0 Å². The van der Waals surface area contributed by atoms with Gasteiger partial charge in [-0.3, -0.25) is 0 Å². The quantitative estimate of drug-likeness (QED) is 0.122. The molecule has 8 rings (SSSR count). The molecular formula is C34H18ClFN2O5. The lowest BCUT2D eigenvalue weighted by atomic mass is 10.0. The highest BCUT2D eigenvalue weighted by Gasteiger charge is 2.22. The van der Waals surface area contributed by atoms with Crippen molar-refractivity contribution < 1.29 is 28.9 Å². The van der Waals surface area contributed by atoms with Crippen LogP contribution in [0.25, 0.3) is 65.2 Å². The standard InChI is InChI=1S/C34H18ClFN2O5/c35-17-3-7-27-23(11-17)19-5-2-16-10-26(33(40)41)30(14-22(16)32(19)37-27)43-34(42)25-9-15-1-6-20-24-12-18(36)4-8-28(24)38-31(20)21(15)13-29(25)39/h1-14,37-39H,(H,40,41). The van der Waals surface area contributed by atoms with E-state index in [2.05, 4.69) is 9.97 Å². The Hall–Kier alpha value is -5.60. The maximum Gasteiger partial charge on any atom is 0.347 e. The number of fused-ring (bicyclic) bond motifs is 10. The zero-order valence-electron chi connectivity index (χ0n) is 22.0. The van der Waals surface area contributed by atoms with Crippen LogP contribution in [0.4, 0.5) is 4.39 Å². The van der Waals surface area contributed by atoms with Crippen LogP contribution < -0.4 is 4.74 Å². The monoisotopic (exact) mass is 588 g/mol. The van der Waals surface area contributed by atoms with Gasteiger partial charge in [-0.05, 0) is 71.4 Å². The van der Waals surface area contributed by atoms with Crippen molar-refractivity contribution in [1.82, 2.24) is 9.97 Å². The van der Waals surface area contributed by atoms with Gasteiger partial charge in [0.25, 0.3) is 0 Å². The third kappa shape index (κ3) is 3.80. The number of esters is 1. The SMILES string of the molecule is O=C(Oc1cc2c(ccc3c4cc(Cl)ccc4[nH]c23)cc1C(=O)O)c1cc2ccc3c4cc(F)ccc4[nH]c3c2cc1O. The first-order valence-electron chi connectivity index (χ1n) is 13.2. The van der Waals surface area contributed by atoms with Crippen LogP contribution in [0.2, 0.25) is 5.02 Å². The van der Waals surface area contributed by atoms with Gasteiger partial charge in [-0.1, -0.05) is 35.9 Å². The number of carbonyl (C=O) groups is 2. The molecule has 0 aliphatic heterocycles. The summed E-state index contributed by atoms with van der Waals surface area (Å²) in [4.78, 5) is 32.2. The molecule has 0 radical (unpaired) electrons. The number of aromatic nitrogens is 2. The second kappa shape index (κ2) is 8.95. The predicted octanol–water partition coefficient (Wildman–Crippen LogP) is 8.68. The number of phenolic OH excluding ortho intramolecular Hbond substituents is 1.